The van der Waals surface area contributed by atoms with Crippen molar-refractivity contribution < 1.29 is 9.53 Å². The fraction of sp³-hybridized carbons (Fsp3) is 0.667. The Morgan fingerprint density at radius 2 is 2.18 bits per heavy atom. The van der Waals surface area contributed by atoms with Crippen molar-refractivity contribution in [2.24, 2.45) is 5.92 Å². The third-order valence-corrected chi connectivity index (χ3v) is 1.48. The quantitative estimate of drug-likeness (QED) is 0.460. The summed E-state index contributed by atoms with van der Waals surface area (Å²) in [5, 5.41) is 0. The van der Waals surface area contributed by atoms with Crippen molar-refractivity contribution in [2.45, 2.75) is 27.2 Å². The van der Waals surface area contributed by atoms with Gasteiger partial charge in [0.15, 0.2) is 0 Å². The lowest BCUT2D eigenvalue weighted by atomic mass is 10.1. The molecule has 0 bridgehead atoms. The molecule has 0 aromatic rings. The summed E-state index contributed by atoms with van der Waals surface area (Å²) < 4.78 is 4.92. The molecule has 0 aromatic carbocycles. The standard InChI is InChI=1S/C9H16O2/c1-5-8(4)9(10)11-6-7(2)3/h8H,2,5-6H2,1,3-4H3. The van der Waals surface area contributed by atoms with E-state index in [4.69, 9.17) is 4.74 Å². The molecule has 1 unspecified atom stereocenters. The van der Waals surface area contributed by atoms with E-state index in [1.54, 1.807) is 0 Å². The molecule has 1 atom stereocenters. The summed E-state index contributed by atoms with van der Waals surface area (Å²) in [7, 11) is 0. The van der Waals surface area contributed by atoms with Gasteiger partial charge in [0.25, 0.3) is 0 Å². The molecule has 0 N–H and O–H groups in total. The van der Waals surface area contributed by atoms with Gasteiger partial charge in [-0.3, -0.25) is 4.79 Å². The average Bonchev–Trinajstić information content (AvgIpc) is 1.98. The zero-order valence-electron chi connectivity index (χ0n) is 7.52. The summed E-state index contributed by atoms with van der Waals surface area (Å²) in [6.07, 6.45) is 0.828. The largest absolute Gasteiger partial charge is 0.461 e. The monoisotopic (exact) mass is 156 g/mol. The van der Waals surface area contributed by atoms with E-state index in [0.29, 0.717) is 6.61 Å². The van der Waals surface area contributed by atoms with Crippen LogP contribution in [0.5, 0.6) is 0 Å². The lowest BCUT2D eigenvalue weighted by Gasteiger charge is -2.08. The van der Waals surface area contributed by atoms with Crippen molar-refractivity contribution >= 4 is 5.97 Å². The molecule has 0 aliphatic heterocycles. The van der Waals surface area contributed by atoms with Gasteiger partial charge >= 0.3 is 5.97 Å². The summed E-state index contributed by atoms with van der Waals surface area (Å²) in [5.41, 5.74) is 0.877. The second-order valence-electron chi connectivity index (χ2n) is 2.87. The maximum Gasteiger partial charge on any atom is 0.308 e. The van der Waals surface area contributed by atoms with Gasteiger partial charge in [0, 0.05) is 0 Å². The highest BCUT2D eigenvalue weighted by atomic mass is 16.5. The smallest absolute Gasteiger partial charge is 0.308 e. The highest BCUT2D eigenvalue weighted by Crippen LogP contribution is 2.03. The molecule has 0 saturated carbocycles. The maximum absolute atomic E-state index is 11.0. The van der Waals surface area contributed by atoms with Crippen molar-refractivity contribution in [3.63, 3.8) is 0 Å². The van der Waals surface area contributed by atoms with Crippen LogP contribution in [0, 0.1) is 5.92 Å². The van der Waals surface area contributed by atoms with E-state index in [-0.39, 0.29) is 11.9 Å². The molecule has 64 valence electrons. The van der Waals surface area contributed by atoms with Gasteiger partial charge in [0.05, 0.1) is 5.92 Å². The molecule has 0 amide bonds. The van der Waals surface area contributed by atoms with Crippen LogP contribution in [0.2, 0.25) is 0 Å². The van der Waals surface area contributed by atoms with Crippen molar-refractivity contribution in [3.8, 4) is 0 Å². The normalized spacial score (nSPS) is 12.3. The van der Waals surface area contributed by atoms with Crippen LogP contribution in [-0.4, -0.2) is 12.6 Å². The zero-order valence-corrected chi connectivity index (χ0v) is 7.52. The second-order valence-corrected chi connectivity index (χ2v) is 2.87. The number of carbonyl (C=O) groups is 1. The minimum atomic E-state index is -0.129. The van der Waals surface area contributed by atoms with Crippen LogP contribution in [0.4, 0.5) is 0 Å². The molecule has 2 nitrogen and oxygen atoms in total. The van der Waals surface area contributed by atoms with Gasteiger partial charge in [-0.15, -0.1) is 0 Å². The van der Waals surface area contributed by atoms with Crippen LogP contribution in [0.1, 0.15) is 27.2 Å². The summed E-state index contributed by atoms with van der Waals surface area (Å²) in [6, 6.07) is 0. The minimum absolute atomic E-state index is 0.00866. The van der Waals surface area contributed by atoms with Crippen LogP contribution < -0.4 is 0 Å². The van der Waals surface area contributed by atoms with E-state index in [2.05, 4.69) is 6.58 Å². The first-order valence-corrected chi connectivity index (χ1v) is 3.89. The van der Waals surface area contributed by atoms with Crippen molar-refractivity contribution in [1.82, 2.24) is 0 Å². The van der Waals surface area contributed by atoms with Crippen molar-refractivity contribution in [3.05, 3.63) is 12.2 Å². The molecule has 11 heavy (non-hydrogen) atoms. The summed E-state index contributed by atoms with van der Waals surface area (Å²) in [4.78, 5) is 11.0. The van der Waals surface area contributed by atoms with Crippen LogP contribution in [-0.2, 0) is 9.53 Å². The van der Waals surface area contributed by atoms with E-state index >= 15 is 0 Å². The Labute approximate surface area is 68.2 Å². The van der Waals surface area contributed by atoms with Gasteiger partial charge in [-0.05, 0) is 18.9 Å². The molecule has 0 aliphatic rings. The van der Waals surface area contributed by atoms with Crippen molar-refractivity contribution in [2.75, 3.05) is 6.61 Å². The van der Waals surface area contributed by atoms with Gasteiger partial charge in [0.2, 0.25) is 0 Å². The minimum Gasteiger partial charge on any atom is -0.461 e. The Kier molecular flexibility index (Phi) is 4.59. The first kappa shape index (κ1) is 10.2. The van der Waals surface area contributed by atoms with Crippen LogP contribution in [0.15, 0.2) is 12.2 Å². The molecule has 0 fully saturated rings. The van der Waals surface area contributed by atoms with E-state index in [1.165, 1.54) is 0 Å². The SMILES string of the molecule is C=C(C)COC(=O)C(C)CC. The number of hydrogen-bond acceptors (Lipinski definition) is 2. The van der Waals surface area contributed by atoms with E-state index < -0.39 is 0 Å². The second kappa shape index (κ2) is 4.94. The Hall–Kier alpha value is -0.790. The fourth-order valence-corrected chi connectivity index (χ4v) is 0.503. The highest BCUT2D eigenvalue weighted by Gasteiger charge is 2.10. The first-order valence-electron chi connectivity index (χ1n) is 3.89. The van der Waals surface area contributed by atoms with Gasteiger partial charge in [0.1, 0.15) is 6.61 Å². The molecular weight excluding hydrogens is 140 g/mol. The third-order valence-electron chi connectivity index (χ3n) is 1.48. The molecule has 0 spiro atoms. The molecular formula is C9H16O2. The van der Waals surface area contributed by atoms with Crippen LogP contribution >= 0.6 is 0 Å². The van der Waals surface area contributed by atoms with Gasteiger partial charge in [-0.1, -0.05) is 20.4 Å². The lowest BCUT2D eigenvalue weighted by Crippen LogP contribution is -2.14. The Balaban J connectivity index is 3.60. The number of rotatable bonds is 4. The Morgan fingerprint density at radius 3 is 2.55 bits per heavy atom. The fourth-order valence-electron chi connectivity index (χ4n) is 0.503. The molecule has 0 saturated heterocycles. The predicted octanol–water partition coefficient (Wildman–Crippen LogP) is 2.15. The van der Waals surface area contributed by atoms with E-state index in [1.807, 2.05) is 20.8 Å². The van der Waals surface area contributed by atoms with E-state index in [9.17, 15) is 4.79 Å². The van der Waals surface area contributed by atoms with Gasteiger partial charge < -0.3 is 4.74 Å². The molecule has 2 heteroatoms. The van der Waals surface area contributed by atoms with Crippen molar-refractivity contribution in [1.29, 1.82) is 0 Å². The maximum atomic E-state index is 11.0. The number of esters is 1. The Morgan fingerprint density at radius 1 is 1.64 bits per heavy atom. The average molecular weight is 156 g/mol. The summed E-state index contributed by atoms with van der Waals surface area (Å²) >= 11 is 0. The van der Waals surface area contributed by atoms with Crippen LogP contribution in [0.3, 0.4) is 0 Å². The summed E-state index contributed by atoms with van der Waals surface area (Å²) in [6.45, 7) is 9.65. The Bertz CT molecular complexity index is 150. The van der Waals surface area contributed by atoms with E-state index in [0.717, 1.165) is 12.0 Å². The van der Waals surface area contributed by atoms with Gasteiger partial charge in [-0.2, -0.15) is 0 Å². The number of hydrogen-bond donors (Lipinski definition) is 0. The highest BCUT2D eigenvalue weighted by molar-refractivity contribution is 5.72. The molecule has 0 aromatic heterocycles. The predicted molar refractivity (Wildman–Crippen MR) is 45.2 cm³/mol. The van der Waals surface area contributed by atoms with Crippen LogP contribution in [0.25, 0.3) is 0 Å². The molecule has 0 rings (SSSR count). The number of carbonyl (C=O) groups excluding carboxylic acids is 1. The zero-order chi connectivity index (χ0) is 8.85. The molecule has 0 heterocycles. The lowest BCUT2D eigenvalue weighted by molar-refractivity contribution is -0.146. The topological polar surface area (TPSA) is 26.3 Å². The number of ether oxygens (including phenoxy) is 1. The third kappa shape index (κ3) is 4.59. The van der Waals surface area contributed by atoms with Gasteiger partial charge in [-0.25, -0.2) is 0 Å². The summed E-state index contributed by atoms with van der Waals surface area (Å²) in [5.74, 6) is -0.121. The molecule has 0 radical (unpaired) electrons. The molecule has 0 aliphatic carbocycles. The first-order chi connectivity index (χ1) is 5.07.